The van der Waals surface area contributed by atoms with Crippen LogP contribution in [0.5, 0.6) is 11.5 Å². The number of hydrogen-bond acceptors (Lipinski definition) is 5. The van der Waals surface area contributed by atoms with Crippen LogP contribution in [-0.2, 0) is 11.3 Å². The van der Waals surface area contributed by atoms with Gasteiger partial charge in [-0.3, -0.25) is 0 Å². The van der Waals surface area contributed by atoms with Gasteiger partial charge in [-0.2, -0.15) is 0 Å². The van der Waals surface area contributed by atoms with Crippen LogP contribution in [0.3, 0.4) is 0 Å². The average Bonchev–Trinajstić information content (AvgIpc) is 2.44. The topological polar surface area (TPSA) is 60.0 Å². The number of ether oxygens (including phenoxy) is 3. The molecule has 0 heterocycles. The molecular weight excluding hydrogens is 258 g/mol. The van der Waals surface area contributed by atoms with Crippen LogP contribution < -0.4 is 14.8 Å². The first-order chi connectivity index (χ1) is 9.58. The second-order valence-corrected chi connectivity index (χ2v) is 4.71. The average molecular weight is 283 g/mol. The summed E-state index contributed by atoms with van der Waals surface area (Å²) in [6.45, 7) is 5.63. The highest BCUT2D eigenvalue weighted by Gasteiger charge is 2.13. The lowest BCUT2D eigenvalue weighted by molar-refractivity contribution is 0.0597. The zero-order valence-electron chi connectivity index (χ0n) is 12.7. The Hall–Kier alpha value is -1.30. The molecule has 20 heavy (non-hydrogen) atoms. The van der Waals surface area contributed by atoms with Gasteiger partial charge in [0.05, 0.1) is 19.8 Å². The standard InChI is InChI=1S/C15H25NO4/c1-11(17)12(2)20-15-6-5-14(19-4)9-13(15)10-16-7-8-18-3/h5-6,9,11-12,16-17H,7-8,10H2,1-4H3. The largest absolute Gasteiger partial charge is 0.497 e. The third-order valence-electron chi connectivity index (χ3n) is 3.06. The monoisotopic (exact) mass is 283 g/mol. The Balaban J connectivity index is 2.75. The van der Waals surface area contributed by atoms with Crippen LogP contribution in [0.15, 0.2) is 18.2 Å². The Morgan fingerprint density at radius 1 is 1.25 bits per heavy atom. The number of aliphatic hydroxyl groups is 1. The molecule has 0 aromatic heterocycles. The van der Waals surface area contributed by atoms with Gasteiger partial charge in [0.25, 0.3) is 0 Å². The number of nitrogens with one attached hydrogen (secondary N) is 1. The van der Waals surface area contributed by atoms with E-state index in [0.29, 0.717) is 13.2 Å². The van der Waals surface area contributed by atoms with E-state index in [1.165, 1.54) is 0 Å². The summed E-state index contributed by atoms with van der Waals surface area (Å²) in [7, 11) is 3.31. The van der Waals surface area contributed by atoms with Gasteiger partial charge in [-0.25, -0.2) is 0 Å². The summed E-state index contributed by atoms with van der Waals surface area (Å²) in [4.78, 5) is 0. The molecule has 1 rings (SSSR count). The molecule has 0 fully saturated rings. The van der Waals surface area contributed by atoms with Crippen molar-refractivity contribution in [3.8, 4) is 11.5 Å². The zero-order valence-corrected chi connectivity index (χ0v) is 12.7. The van der Waals surface area contributed by atoms with Crippen LogP contribution in [0.25, 0.3) is 0 Å². The maximum atomic E-state index is 9.54. The normalized spacial score (nSPS) is 13.8. The van der Waals surface area contributed by atoms with Gasteiger partial charge >= 0.3 is 0 Å². The molecular formula is C15H25NO4. The molecule has 0 radical (unpaired) electrons. The van der Waals surface area contributed by atoms with Gasteiger partial charge in [0.15, 0.2) is 0 Å². The molecule has 0 spiro atoms. The molecule has 5 nitrogen and oxygen atoms in total. The summed E-state index contributed by atoms with van der Waals surface area (Å²) < 4.78 is 16.0. The maximum Gasteiger partial charge on any atom is 0.124 e. The maximum absolute atomic E-state index is 9.54. The molecule has 0 aliphatic carbocycles. The van der Waals surface area contributed by atoms with Crippen molar-refractivity contribution in [3.63, 3.8) is 0 Å². The zero-order chi connectivity index (χ0) is 15.0. The lowest BCUT2D eigenvalue weighted by Gasteiger charge is -2.20. The highest BCUT2D eigenvalue weighted by molar-refractivity contribution is 5.40. The molecule has 0 amide bonds. The molecule has 1 aromatic carbocycles. The van der Waals surface area contributed by atoms with Crippen molar-refractivity contribution >= 4 is 0 Å². The van der Waals surface area contributed by atoms with E-state index in [4.69, 9.17) is 14.2 Å². The van der Waals surface area contributed by atoms with Gasteiger partial charge in [0.1, 0.15) is 17.6 Å². The molecule has 0 bridgehead atoms. The first-order valence-electron chi connectivity index (χ1n) is 6.79. The minimum atomic E-state index is -0.522. The van der Waals surface area contributed by atoms with E-state index >= 15 is 0 Å². The molecule has 1 aromatic rings. The summed E-state index contributed by atoms with van der Waals surface area (Å²) in [6, 6.07) is 5.65. The van der Waals surface area contributed by atoms with Crippen molar-refractivity contribution in [2.45, 2.75) is 32.6 Å². The fourth-order valence-corrected chi connectivity index (χ4v) is 1.63. The van der Waals surface area contributed by atoms with Gasteiger partial charge in [0, 0.05) is 25.8 Å². The molecule has 0 saturated heterocycles. The molecule has 0 saturated carbocycles. The summed E-state index contributed by atoms with van der Waals surface area (Å²) in [5.41, 5.74) is 0.993. The van der Waals surface area contributed by atoms with Crippen LogP contribution in [0.1, 0.15) is 19.4 Å². The molecule has 0 aliphatic rings. The third-order valence-corrected chi connectivity index (χ3v) is 3.06. The second-order valence-electron chi connectivity index (χ2n) is 4.71. The number of benzene rings is 1. The Kier molecular flexibility index (Phi) is 7.36. The predicted molar refractivity (Wildman–Crippen MR) is 78.3 cm³/mol. The first kappa shape index (κ1) is 16.8. The van der Waals surface area contributed by atoms with Crippen molar-refractivity contribution in [1.82, 2.24) is 5.32 Å². The van der Waals surface area contributed by atoms with Gasteiger partial charge in [-0.15, -0.1) is 0 Å². The quantitative estimate of drug-likeness (QED) is 0.674. The van der Waals surface area contributed by atoms with E-state index in [-0.39, 0.29) is 6.10 Å². The number of aliphatic hydroxyl groups excluding tert-OH is 1. The fourth-order valence-electron chi connectivity index (χ4n) is 1.63. The lowest BCUT2D eigenvalue weighted by Crippen LogP contribution is -2.26. The smallest absolute Gasteiger partial charge is 0.124 e. The number of hydrogen-bond donors (Lipinski definition) is 2. The van der Waals surface area contributed by atoms with Crippen LogP contribution >= 0.6 is 0 Å². The van der Waals surface area contributed by atoms with E-state index in [1.807, 2.05) is 25.1 Å². The first-order valence-corrected chi connectivity index (χ1v) is 6.79. The van der Waals surface area contributed by atoms with Crippen molar-refractivity contribution in [2.24, 2.45) is 0 Å². The number of rotatable bonds is 9. The van der Waals surface area contributed by atoms with Crippen LogP contribution in [-0.4, -0.2) is 44.7 Å². The Bertz CT molecular complexity index is 395. The van der Waals surface area contributed by atoms with E-state index in [0.717, 1.165) is 23.6 Å². The van der Waals surface area contributed by atoms with Crippen LogP contribution in [0.4, 0.5) is 0 Å². The predicted octanol–water partition coefficient (Wildman–Crippen LogP) is 1.58. The highest BCUT2D eigenvalue weighted by Crippen LogP contribution is 2.25. The summed E-state index contributed by atoms with van der Waals surface area (Å²) in [6.07, 6.45) is -0.785. The molecule has 2 unspecified atom stereocenters. The second kappa shape index (κ2) is 8.79. The van der Waals surface area contributed by atoms with Gasteiger partial charge < -0.3 is 24.6 Å². The molecule has 2 atom stereocenters. The van der Waals surface area contributed by atoms with Crippen LogP contribution in [0, 0.1) is 0 Å². The summed E-state index contributed by atoms with van der Waals surface area (Å²) >= 11 is 0. The SMILES string of the molecule is COCCNCc1cc(OC)ccc1OC(C)C(C)O. The Morgan fingerprint density at radius 2 is 2.00 bits per heavy atom. The number of methoxy groups -OCH3 is 2. The summed E-state index contributed by atoms with van der Waals surface area (Å²) in [5.74, 6) is 1.54. The van der Waals surface area contributed by atoms with Crippen molar-refractivity contribution in [2.75, 3.05) is 27.4 Å². The van der Waals surface area contributed by atoms with Crippen molar-refractivity contribution in [3.05, 3.63) is 23.8 Å². The van der Waals surface area contributed by atoms with Gasteiger partial charge in [-0.05, 0) is 32.0 Å². The summed E-state index contributed by atoms with van der Waals surface area (Å²) in [5, 5.41) is 12.8. The highest BCUT2D eigenvalue weighted by atomic mass is 16.5. The molecule has 0 aliphatic heterocycles. The third kappa shape index (κ3) is 5.36. The minimum absolute atomic E-state index is 0.263. The van der Waals surface area contributed by atoms with E-state index in [1.54, 1.807) is 21.1 Å². The van der Waals surface area contributed by atoms with Crippen molar-refractivity contribution in [1.29, 1.82) is 0 Å². The molecule has 5 heteroatoms. The Labute approximate surface area is 120 Å². The molecule has 2 N–H and O–H groups in total. The van der Waals surface area contributed by atoms with Crippen molar-refractivity contribution < 1.29 is 19.3 Å². The Morgan fingerprint density at radius 3 is 2.60 bits per heavy atom. The van der Waals surface area contributed by atoms with Crippen LogP contribution in [0.2, 0.25) is 0 Å². The van der Waals surface area contributed by atoms with E-state index < -0.39 is 6.10 Å². The fraction of sp³-hybridized carbons (Fsp3) is 0.600. The molecule has 114 valence electrons. The minimum Gasteiger partial charge on any atom is -0.497 e. The van der Waals surface area contributed by atoms with E-state index in [2.05, 4.69) is 5.32 Å². The van der Waals surface area contributed by atoms with Gasteiger partial charge in [-0.1, -0.05) is 0 Å². The van der Waals surface area contributed by atoms with Gasteiger partial charge in [0.2, 0.25) is 0 Å². The lowest BCUT2D eigenvalue weighted by atomic mass is 10.1. The van der Waals surface area contributed by atoms with E-state index in [9.17, 15) is 5.11 Å².